The van der Waals surface area contributed by atoms with Crippen LogP contribution in [0.5, 0.6) is 11.5 Å². The zero-order valence-corrected chi connectivity index (χ0v) is 20.9. The van der Waals surface area contributed by atoms with Crippen LogP contribution in [0, 0.1) is 0 Å². The van der Waals surface area contributed by atoms with E-state index in [1.807, 2.05) is 0 Å². The highest BCUT2D eigenvalue weighted by Gasteiger charge is 2.46. The van der Waals surface area contributed by atoms with Crippen molar-refractivity contribution >= 4 is 11.8 Å². The number of ether oxygens (including phenoxy) is 1. The van der Waals surface area contributed by atoms with Gasteiger partial charge in [-0.25, -0.2) is 9.97 Å². The van der Waals surface area contributed by atoms with E-state index in [0.717, 1.165) is 12.1 Å². The molecule has 12 heteroatoms. The molecule has 0 aliphatic heterocycles. The number of aliphatic hydroxyl groups excluding tert-OH is 2. The summed E-state index contributed by atoms with van der Waals surface area (Å²) in [4.78, 5) is 33.4. The van der Waals surface area contributed by atoms with E-state index in [0.29, 0.717) is 12.0 Å². The minimum Gasteiger partial charge on any atom is -0.457 e. The Labute approximate surface area is 222 Å². The van der Waals surface area contributed by atoms with Gasteiger partial charge in [0.2, 0.25) is 5.91 Å². The molecule has 1 aliphatic carbocycles. The molecule has 0 spiro atoms. The van der Waals surface area contributed by atoms with Crippen molar-refractivity contribution < 1.29 is 37.7 Å². The van der Waals surface area contributed by atoms with Gasteiger partial charge >= 0.3 is 6.18 Å². The number of aliphatic hydroxyl groups is 2. The van der Waals surface area contributed by atoms with Gasteiger partial charge in [0.25, 0.3) is 5.91 Å². The largest absolute Gasteiger partial charge is 0.457 e. The highest BCUT2D eigenvalue weighted by atomic mass is 19.4. The highest BCUT2D eigenvalue weighted by molar-refractivity contribution is 5.99. The number of rotatable bonds is 8. The lowest BCUT2D eigenvalue weighted by molar-refractivity contribution is -0.138. The van der Waals surface area contributed by atoms with E-state index in [-0.39, 0.29) is 36.3 Å². The Morgan fingerprint density at radius 1 is 1.15 bits per heavy atom. The third-order valence-electron chi connectivity index (χ3n) is 6.49. The summed E-state index contributed by atoms with van der Waals surface area (Å²) in [6.45, 7) is 1.44. The molecule has 3 unspecified atom stereocenters. The fraction of sp³-hybridized carbons (Fsp3) is 0.333. The third-order valence-corrected chi connectivity index (χ3v) is 6.49. The Morgan fingerprint density at radius 3 is 2.44 bits per heavy atom. The standard InChI is InChI=1S/C27H27F3N4O5/c1-16(35)18-4-7-23(22(10-18)27(28,29)30)39-21-5-2-17(3-6-21)12-33-25(38)26(9-8-20(36)11-26)34-24(37)19-13-31-15-32-14-19/h2-7,10,13-16,20,35-36H,8-9,11-12H2,1H3,(H,33,38)(H,34,37). The van der Waals surface area contributed by atoms with Gasteiger partial charge in [-0.2, -0.15) is 13.2 Å². The van der Waals surface area contributed by atoms with Crippen molar-refractivity contribution in [3.8, 4) is 11.5 Å². The number of nitrogens with one attached hydrogen (secondary N) is 2. The molecular formula is C27H27F3N4O5. The summed E-state index contributed by atoms with van der Waals surface area (Å²) in [6.07, 6.45) is -1.97. The van der Waals surface area contributed by atoms with Gasteiger partial charge in [0.15, 0.2) is 0 Å². The van der Waals surface area contributed by atoms with Crippen LogP contribution in [0.1, 0.15) is 59.3 Å². The molecule has 1 aliphatic rings. The minimum absolute atomic E-state index is 0.0421. The van der Waals surface area contributed by atoms with Gasteiger partial charge in [-0.05, 0) is 55.2 Å². The number of aromatic nitrogens is 2. The Balaban J connectivity index is 1.42. The van der Waals surface area contributed by atoms with Crippen LogP contribution in [0.15, 0.2) is 61.2 Å². The number of benzene rings is 2. The zero-order chi connectivity index (χ0) is 28.2. The van der Waals surface area contributed by atoms with Crippen molar-refractivity contribution in [2.45, 2.75) is 56.7 Å². The molecule has 2 aromatic carbocycles. The molecule has 3 aromatic rings. The van der Waals surface area contributed by atoms with Crippen LogP contribution in [-0.4, -0.2) is 43.6 Å². The first kappa shape index (κ1) is 28.0. The van der Waals surface area contributed by atoms with E-state index in [9.17, 15) is 33.0 Å². The molecule has 9 nitrogen and oxygen atoms in total. The van der Waals surface area contributed by atoms with E-state index < -0.39 is 47.1 Å². The number of carbonyl (C=O) groups excluding carboxylic acids is 2. The number of amides is 2. The van der Waals surface area contributed by atoms with Crippen LogP contribution in [0.4, 0.5) is 13.2 Å². The fourth-order valence-electron chi connectivity index (χ4n) is 4.37. The summed E-state index contributed by atoms with van der Waals surface area (Å²) in [5.41, 5.74) is -1.41. The second kappa shape index (κ2) is 11.4. The van der Waals surface area contributed by atoms with Crippen molar-refractivity contribution in [2.24, 2.45) is 0 Å². The van der Waals surface area contributed by atoms with Gasteiger partial charge in [-0.15, -0.1) is 0 Å². The lowest BCUT2D eigenvalue weighted by Gasteiger charge is -2.29. The van der Waals surface area contributed by atoms with Crippen LogP contribution in [0.2, 0.25) is 0 Å². The molecule has 0 radical (unpaired) electrons. The normalized spacial score (nSPS) is 19.8. The van der Waals surface area contributed by atoms with E-state index in [2.05, 4.69) is 20.6 Å². The molecule has 206 valence electrons. The van der Waals surface area contributed by atoms with E-state index in [4.69, 9.17) is 4.74 Å². The molecule has 39 heavy (non-hydrogen) atoms. The monoisotopic (exact) mass is 544 g/mol. The van der Waals surface area contributed by atoms with E-state index in [1.165, 1.54) is 43.8 Å². The molecule has 1 fully saturated rings. The zero-order valence-electron chi connectivity index (χ0n) is 20.9. The molecule has 3 atom stereocenters. The molecule has 1 aromatic heterocycles. The average molecular weight is 545 g/mol. The first-order chi connectivity index (χ1) is 18.5. The molecule has 0 saturated heterocycles. The lowest BCUT2D eigenvalue weighted by atomic mass is 9.95. The molecule has 1 heterocycles. The van der Waals surface area contributed by atoms with Crippen molar-refractivity contribution in [3.05, 3.63) is 83.4 Å². The maximum atomic E-state index is 13.5. The first-order valence-corrected chi connectivity index (χ1v) is 12.2. The first-order valence-electron chi connectivity index (χ1n) is 12.2. The number of hydrogen-bond acceptors (Lipinski definition) is 7. The number of halogens is 3. The van der Waals surface area contributed by atoms with Gasteiger partial charge in [0, 0.05) is 25.4 Å². The second-order valence-electron chi connectivity index (χ2n) is 9.42. The maximum absolute atomic E-state index is 13.5. The van der Waals surface area contributed by atoms with Gasteiger partial charge in [-0.3, -0.25) is 9.59 Å². The van der Waals surface area contributed by atoms with Gasteiger partial charge in [0.05, 0.1) is 23.3 Å². The van der Waals surface area contributed by atoms with Crippen LogP contribution in [0.25, 0.3) is 0 Å². The highest BCUT2D eigenvalue weighted by Crippen LogP contribution is 2.39. The van der Waals surface area contributed by atoms with Crippen LogP contribution in [-0.2, 0) is 17.5 Å². The van der Waals surface area contributed by atoms with Crippen LogP contribution in [0.3, 0.4) is 0 Å². The van der Waals surface area contributed by atoms with E-state index >= 15 is 0 Å². The fourth-order valence-corrected chi connectivity index (χ4v) is 4.37. The quantitative estimate of drug-likeness (QED) is 0.340. The Morgan fingerprint density at radius 2 is 1.85 bits per heavy atom. The van der Waals surface area contributed by atoms with Crippen molar-refractivity contribution in [3.63, 3.8) is 0 Å². The molecule has 1 saturated carbocycles. The van der Waals surface area contributed by atoms with Crippen molar-refractivity contribution in [1.29, 1.82) is 0 Å². The molecule has 2 amide bonds. The van der Waals surface area contributed by atoms with Gasteiger partial charge in [0.1, 0.15) is 23.4 Å². The summed E-state index contributed by atoms with van der Waals surface area (Å²) in [5.74, 6) is -1.28. The summed E-state index contributed by atoms with van der Waals surface area (Å²) in [5, 5.41) is 25.2. The molecule has 4 rings (SSSR count). The topological polar surface area (TPSA) is 134 Å². The van der Waals surface area contributed by atoms with Crippen LogP contribution < -0.4 is 15.4 Å². The number of hydrogen-bond donors (Lipinski definition) is 4. The van der Waals surface area contributed by atoms with Crippen LogP contribution >= 0.6 is 0 Å². The Kier molecular flexibility index (Phi) is 8.17. The predicted octanol–water partition coefficient (Wildman–Crippen LogP) is 3.67. The summed E-state index contributed by atoms with van der Waals surface area (Å²) < 4.78 is 46.1. The summed E-state index contributed by atoms with van der Waals surface area (Å²) >= 11 is 0. The second-order valence-corrected chi connectivity index (χ2v) is 9.42. The molecule has 4 N–H and O–H groups in total. The average Bonchev–Trinajstić information content (AvgIpc) is 3.29. The Bertz CT molecular complexity index is 1320. The number of nitrogens with zero attached hydrogens (tertiary/aromatic N) is 2. The maximum Gasteiger partial charge on any atom is 0.419 e. The van der Waals surface area contributed by atoms with E-state index in [1.54, 1.807) is 12.1 Å². The van der Waals surface area contributed by atoms with Gasteiger partial charge in [-0.1, -0.05) is 18.2 Å². The predicted molar refractivity (Wildman–Crippen MR) is 133 cm³/mol. The van der Waals surface area contributed by atoms with Crippen molar-refractivity contribution in [2.75, 3.05) is 0 Å². The lowest BCUT2D eigenvalue weighted by Crippen LogP contribution is -2.57. The smallest absolute Gasteiger partial charge is 0.419 e. The summed E-state index contributed by atoms with van der Waals surface area (Å²) in [6, 6.07) is 9.48. The SMILES string of the molecule is CC(O)c1ccc(Oc2ccc(CNC(=O)C3(NC(=O)c4cncnc4)CCC(O)C3)cc2)c(C(F)(F)F)c1. The summed E-state index contributed by atoms with van der Waals surface area (Å²) in [7, 11) is 0. The molecule has 0 bridgehead atoms. The van der Waals surface area contributed by atoms with Gasteiger partial charge < -0.3 is 25.6 Å². The Hall–Kier alpha value is -4.03. The number of alkyl halides is 3. The number of carbonyl (C=O) groups is 2. The van der Waals surface area contributed by atoms with Crippen molar-refractivity contribution in [1.82, 2.24) is 20.6 Å². The molecular weight excluding hydrogens is 517 g/mol. The third kappa shape index (κ3) is 6.70. The minimum atomic E-state index is -4.68.